The Morgan fingerprint density at radius 2 is 1.77 bits per heavy atom. The second-order valence-corrected chi connectivity index (χ2v) is 10.3. The molecule has 1 saturated heterocycles. The van der Waals surface area contributed by atoms with Crippen LogP contribution in [0.1, 0.15) is 32.1 Å². The molecule has 0 bridgehead atoms. The fourth-order valence-electron chi connectivity index (χ4n) is 4.91. The van der Waals surface area contributed by atoms with Crippen molar-refractivity contribution in [3.05, 3.63) is 114 Å². The van der Waals surface area contributed by atoms with Gasteiger partial charge in [0, 0.05) is 86.2 Å². The minimum atomic E-state index is -0.193. The first kappa shape index (κ1) is 27.7. The molecule has 216 valence electrons. The van der Waals surface area contributed by atoms with E-state index in [9.17, 15) is 9.59 Å². The fourth-order valence-corrected chi connectivity index (χ4v) is 4.91. The largest absolute Gasteiger partial charge is 0.341 e. The number of aryl methyl sites for hydroxylation is 1. The molecule has 2 aromatic carbocycles. The number of pyridine rings is 1. The van der Waals surface area contributed by atoms with Crippen molar-refractivity contribution in [2.45, 2.75) is 13.5 Å². The number of piperazine rings is 1. The summed E-state index contributed by atoms with van der Waals surface area (Å²) < 4.78 is 0. The van der Waals surface area contributed by atoms with Crippen LogP contribution in [0.3, 0.4) is 0 Å². The summed E-state index contributed by atoms with van der Waals surface area (Å²) in [6.45, 7) is 5.58. The van der Waals surface area contributed by atoms with Gasteiger partial charge in [-0.1, -0.05) is 18.2 Å². The Bertz CT molecular complexity index is 1700. The second kappa shape index (κ2) is 12.6. The van der Waals surface area contributed by atoms with E-state index in [1.807, 2.05) is 72.5 Å². The molecule has 2 amide bonds. The molecular formula is C32H31N9O2. The van der Waals surface area contributed by atoms with E-state index >= 15 is 0 Å². The zero-order chi connectivity index (χ0) is 29.6. The Morgan fingerprint density at radius 3 is 2.51 bits per heavy atom. The summed E-state index contributed by atoms with van der Waals surface area (Å²) in [6.07, 6.45) is 8.42. The molecule has 6 rings (SSSR count). The molecule has 1 fully saturated rings. The molecule has 11 nitrogen and oxygen atoms in total. The molecule has 0 spiro atoms. The summed E-state index contributed by atoms with van der Waals surface area (Å²) in [7, 11) is 0. The van der Waals surface area contributed by atoms with Crippen LogP contribution in [0.15, 0.2) is 91.6 Å². The van der Waals surface area contributed by atoms with Crippen LogP contribution in [-0.2, 0) is 6.54 Å². The van der Waals surface area contributed by atoms with Crippen molar-refractivity contribution < 1.29 is 9.59 Å². The number of amides is 2. The van der Waals surface area contributed by atoms with Crippen molar-refractivity contribution in [1.29, 1.82) is 0 Å². The summed E-state index contributed by atoms with van der Waals surface area (Å²) in [6, 6.07) is 19.0. The molecule has 11 heteroatoms. The quantitative estimate of drug-likeness (QED) is 0.247. The number of aromatic nitrogens is 5. The highest BCUT2D eigenvalue weighted by Gasteiger charge is 2.23. The third-order valence-electron chi connectivity index (χ3n) is 7.34. The summed E-state index contributed by atoms with van der Waals surface area (Å²) in [5.41, 5.74) is 5.78. The number of anilines is 3. The van der Waals surface area contributed by atoms with Crippen LogP contribution in [0, 0.1) is 6.92 Å². The highest BCUT2D eigenvalue weighted by Crippen LogP contribution is 2.25. The number of rotatable bonds is 8. The average Bonchev–Trinajstić information content (AvgIpc) is 3.59. The molecule has 0 radical (unpaired) electrons. The number of H-pyrrole nitrogens is 1. The number of nitrogens with one attached hydrogen (secondary N) is 3. The maximum atomic E-state index is 13.1. The third kappa shape index (κ3) is 6.74. The van der Waals surface area contributed by atoms with Crippen LogP contribution in [0.4, 0.5) is 17.3 Å². The minimum absolute atomic E-state index is 0.0696. The molecule has 43 heavy (non-hydrogen) atoms. The molecular weight excluding hydrogens is 542 g/mol. The maximum absolute atomic E-state index is 13.1. The third-order valence-corrected chi connectivity index (χ3v) is 7.34. The summed E-state index contributed by atoms with van der Waals surface area (Å²) in [4.78, 5) is 49.8. The van der Waals surface area contributed by atoms with Gasteiger partial charge < -0.3 is 20.5 Å². The number of aromatic amines is 1. The number of carbonyl (C=O) groups is 2. The molecule has 0 saturated carbocycles. The molecule has 0 unspecified atom stereocenters. The molecule has 0 aliphatic carbocycles. The van der Waals surface area contributed by atoms with Crippen molar-refractivity contribution in [1.82, 2.24) is 34.7 Å². The van der Waals surface area contributed by atoms with Gasteiger partial charge in [-0.05, 0) is 60.5 Å². The van der Waals surface area contributed by atoms with Gasteiger partial charge in [0.15, 0.2) is 5.82 Å². The van der Waals surface area contributed by atoms with Crippen molar-refractivity contribution in [2.24, 2.45) is 0 Å². The summed E-state index contributed by atoms with van der Waals surface area (Å²) in [5, 5.41) is 6.27. The van der Waals surface area contributed by atoms with Gasteiger partial charge in [0.1, 0.15) is 0 Å². The van der Waals surface area contributed by atoms with E-state index in [-0.39, 0.29) is 11.8 Å². The van der Waals surface area contributed by atoms with Gasteiger partial charge in [-0.2, -0.15) is 0 Å². The first-order valence-corrected chi connectivity index (χ1v) is 14.0. The Balaban J connectivity index is 1.04. The van der Waals surface area contributed by atoms with Crippen LogP contribution in [0.5, 0.6) is 0 Å². The number of carbonyl (C=O) groups excluding carboxylic acids is 2. The van der Waals surface area contributed by atoms with E-state index in [0.29, 0.717) is 36.1 Å². The minimum Gasteiger partial charge on any atom is -0.341 e. The van der Waals surface area contributed by atoms with Crippen LogP contribution >= 0.6 is 0 Å². The summed E-state index contributed by atoms with van der Waals surface area (Å²) >= 11 is 0. The van der Waals surface area contributed by atoms with Gasteiger partial charge in [-0.3, -0.25) is 19.5 Å². The van der Waals surface area contributed by atoms with Crippen LogP contribution < -0.4 is 10.6 Å². The second-order valence-electron chi connectivity index (χ2n) is 10.3. The van der Waals surface area contributed by atoms with Gasteiger partial charge in [-0.25, -0.2) is 15.0 Å². The number of imidazole rings is 1. The number of nitrogens with zero attached hydrogens (tertiary/aromatic N) is 6. The lowest BCUT2D eigenvalue weighted by atomic mass is 10.1. The lowest BCUT2D eigenvalue weighted by Gasteiger charge is -2.34. The van der Waals surface area contributed by atoms with Gasteiger partial charge in [-0.15, -0.1) is 0 Å². The Labute approximate surface area is 249 Å². The summed E-state index contributed by atoms with van der Waals surface area (Å²) in [5.74, 6) is 0.566. The molecule has 0 atom stereocenters. The normalized spacial score (nSPS) is 13.5. The highest BCUT2D eigenvalue weighted by atomic mass is 16.2. The lowest BCUT2D eigenvalue weighted by molar-refractivity contribution is 0.0617. The van der Waals surface area contributed by atoms with Gasteiger partial charge in [0.05, 0.1) is 5.69 Å². The zero-order valence-electron chi connectivity index (χ0n) is 23.7. The standard InChI is InChI=1S/C32H31N9O2/c1-22-4-9-26(19-28(22)39-32-36-12-10-27(38-32)25-3-2-11-33-20-25)37-30(42)24-7-5-23(6-8-24)21-40-15-17-41(18-16-40)31(43)29-34-13-14-35-29/h2-14,19-20H,15-18,21H2,1H3,(H,34,35)(H,37,42)(H,36,38,39). The molecule has 4 heterocycles. The molecule has 1 aliphatic heterocycles. The molecule has 5 aromatic rings. The van der Waals surface area contributed by atoms with E-state index in [1.165, 1.54) is 0 Å². The van der Waals surface area contributed by atoms with E-state index in [2.05, 4.69) is 40.5 Å². The predicted molar refractivity (Wildman–Crippen MR) is 164 cm³/mol. The van der Waals surface area contributed by atoms with E-state index in [4.69, 9.17) is 0 Å². The fraction of sp³-hybridized carbons (Fsp3) is 0.188. The molecule has 3 N–H and O–H groups in total. The van der Waals surface area contributed by atoms with Crippen LogP contribution in [-0.4, -0.2) is 72.7 Å². The van der Waals surface area contributed by atoms with Crippen molar-refractivity contribution in [3.63, 3.8) is 0 Å². The Hall–Kier alpha value is -5.42. The van der Waals surface area contributed by atoms with E-state index in [1.54, 1.807) is 31.0 Å². The number of hydrogen-bond donors (Lipinski definition) is 3. The van der Waals surface area contributed by atoms with Gasteiger partial charge in [0.2, 0.25) is 5.95 Å². The lowest BCUT2D eigenvalue weighted by Crippen LogP contribution is -2.48. The van der Waals surface area contributed by atoms with E-state index < -0.39 is 0 Å². The number of hydrogen-bond acceptors (Lipinski definition) is 8. The smallest absolute Gasteiger partial charge is 0.289 e. The monoisotopic (exact) mass is 573 g/mol. The predicted octanol–water partition coefficient (Wildman–Crippen LogP) is 4.52. The van der Waals surface area contributed by atoms with Crippen LogP contribution in [0.2, 0.25) is 0 Å². The molecule has 1 aliphatic rings. The zero-order valence-corrected chi connectivity index (χ0v) is 23.7. The topological polar surface area (TPSA) is 132 Å². The highest BCUT2D eigenvalue weighted by molar-refractivity contribution is 6.04. The molecule has 3 aromatic heterocycles. The van der Waals surface area contributed by atoms with Crippen molar-refractivity contribution >= 4 is 29.1 Å². The van der Waals surface area contributed by atoms with Crippen LogP contribution in [0.25, 0.3) is 11.3 Å². The number of benzene rings is 2. The van der Waals surface area contributed by atoms with E-state index in [0.717, 1.165) is 47.7 Å². The Kier molecular flexibility index (Phi) is 8.14. The van der Waals surface area contributed by atoms with Crippen molar-refractivity contribution in [2.75, 3.05) is 36.8 Å². The average molecular weight is 574 g/mol. The first-order valence-electron chi connectivity index (χ1n) is 14.0. The van der Waals surface area contributed by atoms with Gasteiger partial charge in [0.25, 0.3) is 11.8 Å². The van der Waals surface area contributed by atoms with Crippen molar-refractivity contribution in [3.8, 4) is 11.3 Å². The maximum Gasteiger partial charge on any atom is 0.289 e. The Morgan fingerprint density at radius 1 is 0.930 bits per heavy atom. The van der Waals surface area contributed by atoms with Gasteiger partial charge >= 0.3 is 0 Å². The SMILES string of the molecule is Cc1ccc(NC(=O)c2ccc(CN3CCN(C(=O)c4ncc[nH]4)CC3)cc2)cc1Nc1nccc(-c2cccnc2)n1. The first-order chi connectivity index (χ1) is 21.0.